The predicted molar refractivity (Wildman–Crippen MR) is 84.3 cm³/mol. The highest BCUT2D eigenvalue weighted by atomic mass is 32.2. The maximum atomic E-state index is 13.1. The average molecular weight is 367 g/mol. The lowest BCUT2D eigenvalue weighted by molar-refractivity contribution is -0.630. The standard InChI is InChI=1S/C17H14F2O5S/c18-17(19,25-24-21)16(20)23-10-9-22-15-13-7-3-1-5-11(13)12-6-2-4-8-14(12)15/h1-8,15,21H,9-10H2/p-1. The Hall–Kier alpha value is -2.00. The van der Waals surface area contributed by atoms with Crippen molar-refractivity contribution in [3.63, 3.8) is 0 Å². The van der Waals surface area contributed by atoms with E-state index in [0.717, 1.165) is 22.3 Å². The lowest BCUT2D eigenvalue weighted by atomic mass is 10.1. The van der Waals surface area contributed by atoms with Gasteiger partial charge in [-0.15, -0.1) is 0 Å². The van der Waals surface area contributed by atoms with E-state index in [1.54, 1.807) is 0 Å². The molecule has 2 aromatic rings. The molecule has 0 radical (unpaired) electrons. The van der Waals surface area contributed by atoms with Gasteiger partial charge in [-0.05, 0) is 22.3 Å². The second-order valence-electron chi connectivity index (χ2n) is 5.23. The molecule has 0 unspecified atom stereocenters. The van der Waals surface area contributed by atoms with Gasteiger partial charge in [-0.3, -0.25) is 0 Å². The van der Waals surface area contributed by atoms with Crippen molar-refractivity contribution in [1.82, 2.24) is 0 Å². The fourth-order valence-electron chi connectivity index (χ4n) is 2.75. The van der Waals surface area contributed by atoms with Crippen molar-refractivity contribution in [1.29, 1.82) is 0 Å². The monoisotopic (exact) mass is 367 g/mol. The van der Waals surface area contributed by atoms with Crippen molar-refractivity contribution >= 4 is 18.0 Å². The molecule has 132 valence electrons. The molecule has 0 spiro atoms. The lowest BCUT2D eigenvalue weighted by Gasteiger charge is -2.17. The van der Waals surface area contributed by atoms with Gasteiger partial charge in [0.2, 0.25) is 0 Å². The summed E-state index contributed by atoms with van der Waals surface area (Å²) in [5.41, 5.74) is 4.04. The van der Waals surface area contributed by atoms with Crippen molar-refractivity contribution in [2.45, 2.75) is 11.4 Å². The number of hydrogen-bond donors (Lipinski definition) is 0. The van der Waals surface area contributed by atoms with Crippen LogP contribution in [0.1, 0.15) is 17.2 Å². The quantitative estimate of drug-likeness (QED) is 0.246. The third-order valence-corrected chi connectivity index (χ3v) is 4.20. The molecule has 1 aliphatic carbocycles. The molecule has 0 saturated heterocycles. The van der Waals surface area contributed by atoms with Crippen LogP contribution < -0.4 is 5.26 Å². The van der Waals surface area contributed by atoms with Crippen LogP contribution in [0.5, 0.6) is 0 Å². The molecule has 0 aliphatic heterocycles. The number of benzene rings is 2. The number of alkyl halides is 2. The van der Waals surface area contributed by atoms with Crippen LogP contribution in [-0.4, -0.2) is 24.4 Å². The van der Waals surface area contributed by atoms with E-state index in [4.69, 9.17) is 4.74 Å². The van der Waals surface area contributed by atoms with E-state index in [0.29, 0.717) is 0 Å². The zero-order valence-electron chi connectivity index (χ0n) is 12.8. The number of fused-ring (bicyclic) bond motifs is 3. The van der Waals surface area contributed by atoms with Crippen molar-refractivity contribution in [3.05, 3.63) is 59.7 Å². The highest BCUT2D eigenvalue weighted by molar-refractivity contribution is 7.96. The fourth-order valence-corrected chi connectivity index (χ4v) is 2.96. The minimum absolute atomic E-state index is 0.0714. The van der Waals surface area contributed by atoms with Gasteiger partial charge in [0.05, 0.1) is 18.6 Å². The minimum atomic E-state index is -4.05. The highest BCUT2D eigenvalue weighted by Gasteiger charge is 2.42. The molecule has 2 aromatic carbocycles. The van der Waals surface area contributed by atoms with Crippen LogP contribution in [0.4, 0.5) is 8.78 Å². The minimum Gasteiger partial charge on any atom is -0.710 e. The normalized spacial score (nSPS) is 13.4. The number of rotatable bonds is 7. The lowest BCUT2D eigenvalue weighted by Crippen LogP contribution is -2.29. The highest BCUT2D eigenvalue weighted by Crippen LogP contribution is 2.44. The molecule has 5 nitrogen and oxygen atoms in total. The second-order valence-corrected chi connectivity index (χ2v) is 6.04. The van der Waals surface area contributed by atoms with Crippen LogP contribution in [0.2, 0.25) is 0 Å². The van der Waals surface area contributed by atoms with Crippen molar-refractivity contribution in [2.24, 2.45) is 0 Å². The summed E-state index contributed by atoms with van der Waals surface area (Å²) in [5.74, 6) is -1.84. The van der Waals surface area contributed by atoms with Gasteiger partial charge in [-0.25, -0.2) is 4.79 Å². The largest absolute Gasteiger partial charge is 0.710 e. The van der Waals surface area contributed by atoms with Gasteiger partial charge in [0, 0.05) is 0 Å². The number of halogens is 2. The van der Waals surface area contributed by atoms with Crippen molar-refractivity contribution < 1.29 is 32.6 Å². The van der Waals surface area contributed by atoms with Crippen LogP contribution in [0.15, 0.2) is 48.5 Å². The molecule has 0 fully saturated rings. The number of hydrogen-bond acceptors (Lipinski definition) is 6. The van der Waals surface area contributed by atoms with Gasteiger partial charge in [-0.1, -0.05) is 48.5 Å². The summed E-state index contributed by atoms with van der Waals surface area (Å²) in [5, 5.41) is 5.69. The van der Waals surface area contributed by atoms with Crippen LogP contribution in [0.3, 0.4) is 0 Å². The topological polar surface area (TPSA) is 67.8 Å². The molecular formula is C17H13F2O5S-. The van der Waals surface area contributed by atoms with E-state index in [2.05, 4.69) is 9.07 Å². The maximum Gasteiger partial charge on any atom is 0.412 e. The molecule has 0 heterocycles. The van der Waals surface area contributed by atoms with E-state index >= 15 is 0 Å². The van der Waals surface area contributed by atoms with E-state index in [1.165, 1.54) is 0 Å². The first-order valence-electron chi connectivity index (χ1n) is 7.37. The van der Waals surface area contributed by atoms with E-state index in [-0.39, 0.29) is 19.3 Å². The summed E-state index contributed by atoms with van der Waals surface area (Å²) in [6, 6.07) is 15.5. The second kappa shape index (κ2) is 7.49. The molecule has 3 rings (SSSR count). The molecule has 8 heteroatoms. The van der Waals surface area contributed by atoms with Gasteiger partial charge in [0.25, 0.3) is 0 Å². The molecule has 0 N–H and O–H groups in total. The number of ether oxygens (including phenoxy) is 2. The summed E-state index contributed by atoms with van der Waals surface area (Å²) in [4.78, 5) is 11.2. The Kier molecular flexibility index (Phi) is 5.33. The third kappa shape index (κ3) is 3.67. The first kappa shape index (κ1) is 17.8. The molecule has 1 aliphatic rings. The van der Waals surface area contributed by atoms with Gasteiger partial charge < -0.3 is 19.1 Å². The first-order chi connectivity index (χ1) is 12.0. The Morgan fingerprint density at radius 2 is 1.60 bits per heavy atom. The summed E-state index contributed by atoms with van der Waals surface area (Å²) in [7, 11) is 0. The van der Waals surface area contributed by atoms with Crippen LogP contribution in [-0.2, 0) is 18.6 Å². The van der Waals surface area contributed by atoms with E-state index < -0.39 is 23.3 Å². The molecule has 0 atom stereocenters. The van der Waals surface area contributed by atoms with E-state index in [9.17, 15) is 18.8 Å². The fraction of sp³-hybridized carbons (Fsp3) is 0.235. The summed E-state index contributed by atoms with van der Waals surface area (Å²) < 4.78 is 39.3. The first-order valence-corrected chi connectivity index (χ1v) is 8.11. The van der Waals surface area contributed by atoms with Crippen LogP contribution >= 0.6 is 12.0 Å². The zero-order chi connectivity index (χ0) is 17.9. The Morgan fingerprint density at radius 3 is 2.16 bits per heavy atom. The third-order valence-electron chi connectivity index (χ3n) is 3.75. The summed E-state index contributed by atoms with van der Waals surface area (Å²) >= 11 is -0.798. The number of carbonyl (C=O) groups excluding carboxylic acids is 1. The molecule has 0 saturated carbocycles. The van der Waals surface area contributed by atoms with Gasteiger partial charge in [0.1, 0.15) is 12.7 Å². The van der Waals surface area contributed by atoms with Gasteiger partial charge in [-0.2, -0.15) is 8.78 Å². The smallest absolute Gasteiger partial charge is 0.412 e. The average Bonchev–Trinajstić information content (AvgIpc) is 2.93. The van der Waals surface area contributed by atoms with Crippen LogP contribution in [0.25, 0.3) is 11.1 Å². The number of esters is 1. The Labute approximate surface area is 146 Å². The summed E-state index contributed by atoms with van der Waals surface area (Å²) in [6.07, 6.45) is -0.356. The maximum absolute atomic E-state index is 13.1. The molecular weight excluding hydrogens is 354 g/mol. The van der Waals surface area contributed by atoms with Gasteiger partial charge in [0.15, 0.2) is 0 Å². The Balaban J connectivity index is 1.62. The summed E-state index contributed by atoms with van der Waals surface area (Å²) in [6.45, 7) is -0.438. The van der Waals surface area contributed by atoms with Crippen LogP contribution in [0, 0.1) is 0 Å². The van der Waals surface area contributed by atoms with Gasteiger partial charge >= 0.3 is 11.2 Å². The zero-order valence-corrected chi connectivity index (χ0v) is 13.6. The molecule has 25 heavy (non-hydrogen) atoms. The van der Waals surface area contributed by atoms with Crippen molar-refractivity contribution in [2.75, 3.05) is 13.2 Å². The van der Waals surface area contributed by atoms with Crippen molar-refractivity contribution in [3.8, 4) is 11.1 Å². The molecule has 0 amide bonds. The molecule has 0 bridgehead atoms. The SMILES string of the molecule is O=C(OCCOC1c2ccccc2-c2ccccc21)C(F)(F)SO[O-]. The Morgan fingerprint density at radius 1 is 1.04 bits per heavy atom. The predicted octanol–water partition coefficient (Wildman–Crippen LogP) is 2.85. The Bertz CT molecular complexity index is 723. The van der Waals surface area contributed by atoms with E-state index in [1.807, 2.05) is 48.5 Å². The number of carbonyl (C=O) groups is 1. The molecule has 0 aromatic heterocycles.